The van der Waals surface area contributed by atoms with Crippen LogP contribution >= 0.6 is 68.0 Å². The van der Waals surface area contributed by atoms with Gasteiger partial charge >= 0.3 is 24.0 Å². The molecule has 9 N–H and O–H groups in total. The smallest absolute Gasteiger partial charge is 0.415 e. The summed E-state index contributed by atoms with van der Waals surface area (Å²) in [5.74, 6) is -7.75. The molecule has 0 spiro atoms. The molecule has 1 fully saturated rings. The van der Waals surface area contributed by atoms with Crippen LogP contribution in [-0.4, -0.2) is 142 Å². The highest BCUT2D eigenvalue weighted by molar-refractivity contribution is 7.16. The van der Waals surface area contributed by atoms with Crippen LogP contribution in [0.2, 0.25) is 0 Å². The number of unbranched alkanes of at least 4 members (excludes halogenated alkanes) is 1. The number of aliphatic hydroxyl groups is 1. The van der Waals surface area contributed by atoms with Crippen molar-refractivity contribution in [1.82, 2.24) is 56.2 Å². The van der Waals surface area contributed by atoms with Gasteiger partial charge in [-0.05, 0) is 69.6 Å². The molecule has 8 aromatic rings. The fourth-order valence-corrected chi connectivity index (χ4v) is 15.5. The van der Waals surface area contributed by atoms with Crippen LogP contribution in [0.15, 0.2) is 64.0 Å². The van der Waals surface area contributed by atoms with Crippen molar-refractivity contribution < 1.29 is 73.1 Å². The number of fused-ring (bicyclic) bond motifs is 14. The Morgan fingerprint density at radius 3 is 2.17 bits per heavy atom. The summed E-state index contributed by atoms with van der Waals surface area (Å²) in [6, 6.07) is 9.83. The van der Waals surface area contributed by atoms with Crippen LogP contribution in [0.4, 0.5) is 15.7 Å². The predicted octanol–water partition coefficient (Wildman–Crippen LogP) is 8.76. The third kappa shape index (κ3) is 16.5. The third-order valence-corrected chi connectivity index (χ3v) is 20.8. The van der Waals surface area contributed by atoms with Crippen molar-refractivity contribution in [3.05, 3.63) is 106 Å². The number of anilines is 2. The molecule has 0 saturated heterocycles. The van der Waals surface area contributed by atoms with Gasteiger partial charge in [-0.15, -0.1) is 56.7 Å². The van der Waals surface area contributed by atoms with Gasteiger partial charge in [0.1, 0.15) is 83.3 Å². The Hall–Kier alpha value is -8.90. The molecule has 6 amide bonds. The number of aryl methyl sites for hydroxylation is 1. The number of aromatic nitrogens is 7. The fraction of sp³-hybridized carbons (Fsp3) is 0.367. The molecule has 492 valence electrons. The number of thiazole rings is 6. The number of methoxy groups -OCH3 is 1. The van der Waals surface area contributed by atoms with E-state index in [4.69, 9.17) is 34.4 Å². The van der Waals surface area contributed by atoms with Crippen molar-refractivity contribution in [3.8, 4) is 43.4 Å². The van der Waals surface area contributed by atoms with Crippen molar-refractivity contribution in [1.29, 1.82) is 0 Å². The zero-order valence-corrected chi connectivity index (χ0v) is 55.2. The number of nitrogens with zero attached hydrogens (tertiary/aromatic N) is 8. The van der Waals surface area contributed by atoms with E-state index in [1.165, 1.54) is 35.8 Å². The third-order valence-electron chi connectivity index (χ3n) is 15.2. The van der Waals surface area contributed by atoms with Crippen molar-refractivity contribution in [3.63, 3.8) is 0 Å². The summed E-state index contributed by atoms with van der Waals surface area (Å²) >= 11 is 6.67. The number of amides is 6. The van der Waals surface area contributed by atoms with Crippen molar-refractivity contribution in [2.24, 2.45) is 11.8 Å². The number of hydrogen-bond donors (Lipinski definition) is 9. The van der Waals surface area contributed by atoms with Gasteiger partial charge < -0.3 is 51.2 Å². The maximum Gasteiger partial charge on any atom is 0.415 e. The average molecular weight is 1400 g/mol. The van der Waals surface area contributed by atoms with Crippen LogP contribution in [0, 0.1) is 18.8 Å². The lowest BCUT2D eigenvalue weighted by Crippen LogP contribution is -2.40. The summed E-state index contributed by atoms with van der Waals surface area (Å²) in [4.78, 5) is 154. The van der Waals surface area contributed by atoms with Gasteiger partial charge in [-0.3, -0.25) is 48.6 Å². The Morgan fingerprint density at radius 2 is 1.44 bits per heavy atom. The number of rotatable bonds is 19. The Balaban J connectivity index is 1.02. The van der Waals surface area contributed by atoms with E-state index < -0.39 is 96.2 Å². The topological polar surface area (TPSA) is 407 Å². The molecule has 10 bridgehead atoms. The minimum Gasteiger partial charge on any atom is -0.481 e. The standard InChI is InChI=1S/C60H61N13O15S6/c1-28-44-51(81)72-59-71-46(39(94-59)23-87-3)50(80)62-22-42(75)69-47(48(78)29-9-5-4-6-10-29)56-67-38(26-91-56)54-65-36(24-90-54)45-33(52-66-37(25-89-52)49(79)64-35(21-41(74)61-2)55(70-44)93-28)17-18-34(63-45)53-68-40(27-92-53)73(20-8-7-11-30(57(82)83)14-19-43(76)77)60(86)88-32-15-12-31(13-16-32)58(84)85/h4-6,9-10,17-18,24-27,30-32,35,47-48,78H,7-8,11-16,19-23H2,1-3H3,(H,61,74)(H,62,80)(H,64,79)(H,69,75)(H,76,77)(H,82,83)(H,84,85)(H,71,72,81)/t30?,31-,32-,35-,47-,48-/m0/s1. The van der Waals surface area contributed by atoms with Crippen LogP contribution < -0.4 is 31.5 Å². The largest absolute Gasteiger partial charge is 0.481 e. The van der Waals surface area contributed by atoms with Crippen LogP contribution in [0.3, 0.4) is 0 Å². The molecule has 1 unspecified atom stereocenters. The van der Waals surface area contributed by atoms with Gasteiger partial charge in [0, 0.05) is 59.1 Å². The summed E-state index contributed by atoms with van der Waals surface area (Å²) in [5, 5.41) is 62.3. The van der Waals surface area contributed by atoms with E-state index in [0.717, 1.165) is 56.7 Å². The maximum absolute atomic E-state index is 14.4. The van der Waals surface area contributed by atoms with Gasteiger partial charge in [0.25, 0.3) is 17.7 Å². The number of aliphatic carboxylic acids is 3. The average Bonchev–Trinajstić information content (AvgIpc) is 1.60. The first-order valence-electron chi connectivity index (χ1n) is 29.3. The van der Waals surface area contributed by atoms with E-state index in [1.807, 2.05) is 0 Å². The lowest BCUT2D eigenvalue weighted by Gasteiger charge is -2.28. The van der Waals surface area contributed by atoms with Crippen LogP contribution in [0.25, 0.3) is 43.4 Å². The summed E-state index contributed by atoms with van der Waals surface area (Å²) in [7, 11) is 2.85. The van der Waals surface area contributed by atoms with Crippen LogP contribution in [0.1, 0.15) is 139 Å². The number of nitrogens with one attached hydrogen (secondary N) is 5. The van der Waals surface area contributed by atoms with Gasteiger partial charge in [-0.1, -0.05) is 48.1 Å². The zero-order chi connectivity index (χ0) is 66.7. The zero-order valence-electron chi connectivity index (χ0n) is 50.3. The molecular formula is C60H61N13O15S6. The molecular weight excluding hydrogens is 1340 g/mol. The first-order chi connectivity index (χ1) is 45.2. The predicted molar refractivity (Wildman–Crippen MR) is 349 cm³/mol. The highest BCUT2D eigenvalue weighted by Gasteiger charge is 2.34. The van der Waals surface area contributed by atoms with Gasteiger partial charge in [0.15, 0.2) is 5.13 Å². The van der Waals surface area contributed by atoms with Gasteiger partial charge in [0.05, 0.1) is 48.0 Å². The van der Waals surface area contributed by atoms with E-state index >= 15 is 0 Å². The van der Waals surface area contributed by atoms with Crippen molar-refractivity contribution in [2.45, 2.75) is 102 Å². The van der Waals surface area contributed by atoms with Crippen LogP contribution in [-0.2, 0) is 40.1 Å². The molecule has 94 heavy (non-hydrogen) atoms. The van der Waals surface area contributed by atoms with Gasteiger partial charge in [-0.2, -0.15) is 0 Å². The first-order valence-corrected chi connectivity index (χ1v) is 34.5. The summed E-state index contributed by atoms with van der Waals surface area (Å²) in [6.07, 6.45) is -1.28. The SMILES string of the molecule is CNC(=O)C[C@@H]1NC(=O)c2csc(n2)-c2ccc(-c3nc(N(CCCCC(CCC(=O)O)C(=O)O)C(=O)O[C@H]4CC[C@H](C(=O)O)CC4)cs3)nc2-c2csc(n2)-c2csc(n2)[C@H]([C@@H](O)c2ccccc2)NC(=O)CNC(=O)c2nc(sc2COC)NC(=O)c2nc1sc2C. The monoisotopic (exact) mass is 1400 g/mol. The normalized spacial score (nSPS) is 17.6. The summed E-state index contributed by atoms with van der Waals surface area (Å²) in [5.41, 5.74) is 1.99. The Morgan fingerprint density at radius 1 is 0.713 bits per heavy atom. The number of carbonyl (C=O) groups is 9. The second kappa shape index (κ2) is 30.9. The second-order valence-corrected chi connectivity index (χ2v) is 27.5. The number of carboxylic acids is 3. The van der Waals surface area contributed by atoms with Crippen molar-refractivity contribution in [2.75, 3.05) is 37.5 Å². The number of benzene rings is 1. The number of pyridine rings is 1. The van der Waals surface area contributed by atoms with E-state index in [0.29, 0.717) is 85.1 Å². The first kappa shape index (κ1) is 68.0. The highest BCUT2D eigenvalue weighted by Crippen LogP contribution is 2.41. The molecule has 1 saturated carbocycles. The number of hydrogen-bond acceptors (Lipinski definition) is 25. The van der Waals surface area contributed by atoms with Crippen molar-refractivity contribution >= 4 is 133 Å². The molecule has 2 aliphatic rings. The number of carboxylic acid groups (broad SMARTS) is 3. The molecule has 7 aromatic heterocycles. The van der Waals surface area contributed by atoms with Crippen LogP contribution in [0.5, 0.6) is 0 Å². The van der Waals surface area contributed by atoms with E-state index in [9.17, 15) is 63.6 Å². The molecule has 4 atom stereocenters. The van der Waals surface area contributed by atoms with E-state index in [2.05, 4.69) is 36.6 Å². The minimum absolute atomic E-state index is 0.0106. The van der Waals surface area contributed by atoms with E-state index in [-0.39, 0.29) is 89.0 Å². The molecule has 28 nitrogen and oxygen atoms in total. The number of carbonyl (C=O) groups excluding carboxylic acids is 6. The highest BCUT2D eigenvalue weighted by atomic mass is 32.1. The minimum atomic E-state index is -1.33. The maximum atomic E-state index is 14.4. The Labute approximate surface area is 559 Å². The molecule has 1 aliphatic carbocycles. The lowest BCUT2D eigenvalue weighted by atomic mass is 9.87. The second-order valence-electron chi connectivity index (χ2n) is 21.7. The van der Waals surface area contributed by atoms with E-state index in [1.54, 1.807) is 65.5 Å². The van der Waals surface area contributed by atoms with Gasteiger partial charge in [0.2, 0.25) is 11.8 Å². The van der Waals surface area contributed by atoms with Gasteiger partial charge in [-0.25, -0.2) is 39.7 Å². The Kier molecular flexibility index (Phi) is 22.3. The molecule has 0 radical (unpaired) electrons. The summed E-state index contributed by atoms with van der Waals surface area (Å²) in [6.45, 7) is 1.03. The molecule has 1 aromatic carbocycles. The lowest BCUT2D eigenvalue weighted by molar-refractivity contribution is -0.144. The quantitative estimate of drug-likeness (QED) is 0.0341. The molecule has 1 aliphatic heterocycles. The summed E-state index contributed by atoms with van der Waals surface area (Å²) < 4.78 is 11.3. The number of ether oxygens (including phenoxy) is 2. The number of aliphatic hydroxyl groups excluding tert-OH is 1. The molecule has 34 heteroatoms. The molecule has 10 rings (SSSR count). The Bertz CT molecular complexity index is 4120. The molecule has 8 heterocycles. The fourth-order valence-electron chi connectivity index (χ4n) is 10.3.